The van der Waals surface area contributed by atoms with Gasteiger partial charge in [-0.1, -0.05) is 0 Å². The molecule has 0 spiro atoms. The van der Waals surface area contributed by atoms with Crippen LogP contribution in [-0.4, -0.2) is 44.7 Å². The standard InChI is InChI=1S/C13H14N6O2/c20-12(21)7-13(10-3-1-5-15-17-10)8-14-9-19(13)11-4-2-6-16-18-11/h1-6,14H,7-9H2,(H,20,21). The summed E-state index contributed by atoms with van der Waals surface area (Å²) in [7, 11) is 0. The molecule has 2 aromatic rings. The summed E-state index contributed by atoms with van der Waals surface area (Å²) in [6, 6.07) is 7.10. The van der Waals surface area contributed by atoms with Gasteiger partial charge in [0.15, 0.2) is 5.82 Å². The third-order valence-corrected chi connectivity index (χ3v) is 3.53. The van der Waals surface area contributed by atoms with Crippen molar-refractivity contribution in [3.63, 3.8) is 0 Å². The SMILES string of the molecule is O=C(O)CC1(c2cccnn2)CNCN1c1cccnn1. The third-order valence-electron chi connectivity index (χ3n) is 3.53. The van der Waals surface area contributed by atoms with Crippen molar-refractivity contribution < 1.29 is 9.90 Å². The molecular weight excluding hydrogens is 272 g/mol. The van der Waals surface area contributed by atoms with Gasteiger partial charge in [0.1, 0.15) is 5.54 Å². The fraction of sp³-hybridized carbons (Fsp3) is 0.308. The molecule has 1 atom stereocenters. The number of aliphatic carboxylic acids is 1. The minimum absolute atomic E-state index is 0.102. The van der Waals surface area contributed by atoms with E-state index < -0.39 is 11.5 Å². The van der Waals surface area contributed by atoms with Crippen LogP contribution in [0.3, 0.4) is 0 Å². The van der Waals surface area contributed by atoms with Gasteiger partial charge in [0.05, 0.1) is 18.8 Å². The average Bonchev–Trinajstić information content (AvgIpc) is 2.93. The van der Waals surface area contributed by atoms with Crippen molar-refractivity contribution in [2.75, 3.05) is 18.1 Å². The Morgan fingerprint density at radius 2 is 2.05 bits per heavy atom. The molecule has 2 N–H and O–H groups in total. The fourth-order valence-corrected chi connectivity index (χ4v) is 2.64. The molecule has 0 aromatic carbocycles. The number of hydrogen-bond donors (Lipinski definition) is 2. The number of anilines is 1. The molecule has 8 heteroatoms. The van der Waals surface area contributed by atoms with Gasteiger partial charge < -0.3 is 10.0 Å². The lowest BCUT2D eigenvalue weighted by Crippen LogP contribution is -2.46. The highest BCUT2D eigenvalue weighted by Crippen LogP contribution is 2.36. The summed E-state index contributed by atoms with van der Waals surface area (Å²) in [5, 5.41) is 28.5. The molecular formula is C13H14N6O2. The Bertz CT molecular complexity index is 623. The van der Waals surface area contributed by atoms with E-state index >= 15 is 0 Å². The summed E-state index contributed by atoms with van der Waals surface area (Å²) in [6.45, 7) is 0.928. The van der Waals surface area contributed by atoms with Gasteiger partial charge >= 0.3 is 5.97 Å². The molecule has 0 bridgehead atoms. The summed E-state index contributed by atoms with van der Waals surface area (Å²) >= 11 is 0. The summed E-state index contributed by atoms with van der Waals surface area (Å²) < 4.78 is 0. The lowest BCUT2D eigenvalue weighted by atomic mass is 9.90. The topological polar surface area (TPSA) is 104 Å². The van der Waals surface area contributed by atoms with Crippen molar-refractivity contribution >= 4 is 11.8 Å². The molecule has 21 heavy (non-hydrogen) atoms. The summed E-state index contributed by atoms with van der Waals surface area (Å²) in [6.07, 6.45) is 3.04. The molecule has 0 aliphatic carbocycles. The normalized spacial score (nSPS) is 21.4. The average molecular weight is 286 g/mol. The number of carboxylic acids is 1. The van der Waals surface area contributed by atoms with Crippen molar-refractivity contribution in [3.8, 4) is 0 Å². The molecule has 0 radical (unpaired) electrons. The van der Waals surface area contributed by atoms with Crippen LogP contribution in [0, 0.1) is 0 Å². The van der Waals surface area contributed by atoms with Crippen molar-refractivity contribution in [2.45, 2.75) is 12.0 Å². The Kier molecular flexibility index (Phi) is 3.44. The van der Waals surface area contributed by atoms with Crippen LogP contribution < -0.4 is 10.2 Å². The first-order valence-electron chi connectivity index (χ1n) is 6.48. The quantitative estimate of drug-likeness (QED) is 0.809. The second-order valence-corrected chi connectivity index (χ2v) is 4.81. The van der Waals surface area contributed by atoms with E-state index in [9.17, 15) is 9.90 Å². The summed E-state index contributed by atoms with van der Waals surface area (Å²) in [4.78, 5) is 13.2. The number of carbonyl (C=O) groups is 1. The molecule has 3 rings (SSSR count). The van der Waals surface area contributed by atoms with E-state index in [1.54, 1.807) is 36.7 Å². The van der Waals surface area contributed by atoms with Crippen LogP contribution in [0.15, 0.2) is 36.7 Å². The molecule has 1 saturated heterocycles. The minimum Gasteiger partial charge on any atom is -0.481 e. The molecule has 1 aliphatic heterocycles. The van der Waals surface area contributed by atoms with E-state index in [-0.39, 0.29) is 6.42 Å². The number of aromatic nitrogens is 4. The van der Waals surface area contributed by atoms with E-state index in [2.05, 4.69) is 25.7 Å². The molecule has 1 fully saturated rings. The molecule has 1 aliphatic rings. The van der Waals surface area contributed by atoms with Gasteiger partial charge in [-0.3, -0.25) is 10.1 Å². The Morgan fingerprint density at radius 3 is 2.67 bits per heavy atom. The van der Waals surface area contributed by atoms with Crippen LogP contribution in [-0.2, 0) is 10.3 Å². The Hall–Kier alpha value is -2.61. The van der Waals surface area contributed by atoms with Gasteiger partial charge in [-0.05, 0) is 24.3 Å². The molecule has 0 amide bonds. The highest BCUT2D eigenvalue weighted by Gasteiger charge is 2.46. The van der Waals surface area contributed by atoms with Crippen LogP contribution in [0.4, 0.5) is 5.82 Å². The first-order chi connectivity index (χ1) is 10.2. The van der Waals surface area contributed by atoms with Crippen molar-refractivity contribution in [1.29, 1.82) is 0 Å². The second-order valence-electron chi connectivity index (χ2n) is 4.81. The van der Waals surface area contributed by atoms with Gasteiger partial charge in [0, 0.05) is 18.9 Å². The second kappa shape index (κ2) is 5.41. The number of nitrogens with one attached hydrogen (secondary N) is 1. The zero-order valence-electron chi connectivity index (χ0n) is 11.2. The van der Waals surface area contributed by atoms with Gasteiger partial charge in [-0.2, -0.15) is 15.3 Å². The number of nitrogens with zero attached hydrogens (tertiary/aromatic N) is 5. The zero-order valence-corrected chi connectivity index (χ0v) is 11.2. The van der Waals surface area contributed by atoms with E-state index in [0.29, 0.717) is 24.7 Å². The van der Waals surface area contributed by atoms with E-state index in [0.717, 1.165) is 0 Å². The highest BCUT2D eigenvalue weighted by molar-refractivity contribution is 5.70. The maximum atomic E-state index is 11.4. The van der Waals surface area contributed by atoms with Crippen LogP contribution in [0.2, 0.25) is 0 Å². The maximum Gasteiger partial charge on any atom is 0.306 e. The molecule has 0 saturated carbocycles. The van der Waals surface area contributed by atoms with Crippen LogP contribution in [0.1, 0.15) is 12.1 Å². The zero-order chi connectivity index (χ0) is 14.7. The smallest absolute Gasteiger partial charge is 0.306 e. The Morgan fingerprint density at radius 1 is 1.29 bits per heavy atom. The molecule has 8 nitrogen and oxygen atoms in total. The van der Waals surface area contributed by atoms with Crippen LogP contribution in [0.25, 0.3) is 0 Å². The highest BCUT2D eigenvalue weighted by atomic mass is 16.4. The van der Waals surface area contributed by atoms with Crippen molar-refractivity contribution in [3.05, 3.63) is 42.4 Å². The van der Waals surface area contributed by atoms with Crippen molar-refractivity contribution in [1.82, 2.24) is 25.7 Å². The third kappa shape index (κ3) is 2.40. The monoisotopic (exact) mass is 286 g/mol. The van der Waals surface area contributed by atoms with Gasteiger partial charge in [-0.15, -0.1) is 5.10 Å². The maximum absolute atomic E-state index is 11.4. The van der Waals surface area contributed by atoms with Crippen LogP contribution in [0.5, 0.6) is 0 Å². The lowest BCUT2D eigenvalue weighted by Gasteiger charge is -2.35. The largest absolute Gasteiger partial charge is 0.481 e. The minimum atomic E-state index is -0.904. The molecule has 3 heterocycles. The number of rotatable bonds is 4. The molecule has 1 unspecified atom stereocenters. The van der Waals surface area contributed by atoms with E-state index in [1.165, 1.54) is 0 Å². The van der Waals surface area contributed by atoms with Crippen LogP contribution >= 0.6 is 0 Å². The van der Waals surface area contributed by atoms with Gasteiger partial charge in [0.25, 0.3) is 0 Å². The Balaban J connectivity index is 2.08. The lowest BCUT2D eigenvalue weighted by molar-refractivity contribution is -0.138. The first kappa shape index (κ1) is 13.4. The first-order valence-corrected chi connectivity index (χ1v) is 6.48. The summed E-state index contributed by atoms with van der Waals surface area (Å²) in [5.41, 5.74) is -0.223. The van der Waals surface area contributed by atoms with Gasteiger partial charge in [0.2, 0.25) is 0 Å². The van der Waals surface area contributed by atoms with Crippen molar-refractivity contribution in [2.24, 2.45) is 0 Å². The predicted molar refractivity (Wildman–Crippen MR) is 73.3 cm³/mol. The van der Waals surface area contributed by atoms with Gasteiger partial charge in [-0.25, -0.2) is 0 Å². The number of hydrogen-bond acceptors (Lipinski definition) is 7. The number of carboxylic acid groups (broad SMARTS) is 1. The fourth-order valence-electron chi connectivity index (χ4n) is 2.64. The van der Waals surface area contributed by atoms with E-state index in [1.807, 2.05) is 4.90 Å². The Labute approximate surface area is 120 Å². The molecule has 2 aromatic heterocycles. The summed E-state index contributed by atoms with van der Waals surface area (Å²) in [5.74, 6) is -0.298. The molecule has 108 valence electrons. The van der Waals surface area contributed by atoms with E-state index in [4.69, 9.17) is 0 Å². The predicted octanol–water partition coefficient (Wildman–Crippen LogP) is 0.00390.